The average molecular weight is 200 g/mol. The van der Waals surface area contributed by atoms with Crippen LogP contribution >= 0.6 is 0 Å². The molecule has 0 heterocycles. The maximum Gasteiger partial charge on any atom is 0.506 e. The first-order valence-electron chi connectivity index (χ1n) is 4.81. The lowest BCUT2D eigenvalue weighted by Gasteiger charge is -2.19. The smallest absolute Gasteiger partial charge is 0.450 e. The van der Waals surface area contributed by atoms with Gasteiger partial charge in [0, 0.05) is 7.11 Å². The minimum absolute atomic E-state index is 0.222. The summed E-state index contributed by atoms with van der Waals surface area (Å²) in [4.78, 5) is 10.3. The van der Waals surface area contributed by atoms with Gasteiger partial charge in [0.05, 0.1) is 6.10 Å². The fourth-order valence-corrected chi connectivity index (χ4v) is 1.58. The van der Waals surface area contributed by atoms with Crippen LogP contribution in [0.5, 0.6) is 0 Å². The lowest BCUT2D eigenvalue weighted by atomic mass is 10.0. The molecule has 0 radical (unpaired) electrons. The van der Waals surface area contributed by atoms with Crippen molar-refractivity contribution >= 4 is 6.16 Å². The highest BCUT2D eigenvalue weighted by Crippen LogP contribution is 2.17. The molecule has 0 aromatic rings. The van der Waals surface area contributed by atoms with Gasteiger partial charge in [-0.1, -0.05) is 6.08 Å². The predicted molar refractivity (Wildman–Crippen MR) is 51.3 cm³/mol. The van der Waals surface area contributed by atoms with Gasteiger partial charge in [-0.05, 0) is 31.8 Å². The van der Waals surface area contributed by atoms with E-state index < -0.39 is 6.16 Å². The first-order chi connectivity index (χ1) is 6.72. The number of carbonyl (C=O) groups is 1. The summed E-state index contributed by atoms with van der Waals surface area (Å²) in [6.45, 7) is 0. The van der Waals surface area contributed by atoms with E-state index in [9.17, 15) is 4.79 Å². The van der Waals surface area contributed by atoms with Crippen LogP contribution in [-0.2, 0) is 9.47 Å². The molecule has 0 fully saturated rings. The Morgan fingerprint density at radius 1 is 1.43 bits per heavy atom. The van der Waals surface area contributed by atoms with Crippen molar-refractivity contribution in [1.82, 2.24) is 0 Å². The van der Waals surface area contributed by atoms with Crippen LogP contribution < -0.4 is 0 Å². The van der Waals surface area contributed by atoms with Crippen molar-refractivity contribution in [3.63, 3.8) is 0 Å². The second kappa shape index (κ2) is 5.65. The summed E-state index contributed by atoms with van der Waals surface area (Å²) in [7, 11) is 1.68. The largest absolute Gasteiger partial charge is 0.506 e. The molecule has 1 aliphatic carbocycles. The van der Waals surface area contributed by atoms with Crippen LogP contribution in [0, 0.1) is 0 Å². The lowest BCUT2D eigenvalue weighted by Crippen LogP contribution is -2.20. The van der Waals surface area contributed by atoms with E-state index in [1.54, 1.807) is 7.11 Å². The third-order valence-electron chi connectivity index (χ3n) is 2.36. The molecule has 1 N–H and O–H groups in total. The number of methoxy groups -OCH3 is 1. The predicted octanol–water partition coefficient (Wildman–Crippen LogP) is 2.19. The molecule has 2 atom stereocenters. The summed E-state index contributed by atoms with van der Waals surface area (Å²) < 4.78 is 9.94. The molecule has 1 rings (SSSR count). The van der Waals surface area contributed by atoms with E-state index in [0.717, 1.165) is 19.3 Å². The minimum Gasteiger partial charge on any atom is -0.450 e. The summed E-state index contributed by atoms with van der Waals surface area (Å²) >= 11 is 0. The van der Waals surface area contributed by atoms with E-state index in [0.29, 0.717) is 6.42 Å². The zero-order chi connectivity index (χ0) is 10.4. The highest BCUT2D eigenvalue weighted by atomic mass is 16.7. The zero-order valence-electron chi connectivity index (χ0n) is 8.31. The van der Waals surface area contributed by atoms with Crippen molar-refractivity contribution in [2.75, 3.05) is 7.11 Å². The van der Waals surface area contributed by atoms with Crippen molar-refractivity contribution in [3.8, 4) is 0 Å². The van der Waals surface area contributed by atoms with Crippen LogP contribution in [0.1, 0.15) is 25.7 Å². The summed E-state index contributed by atoms with van der Waals surface area (Å²) in [6.07, 6.45) is 5.92. The average Bonchev–Trinajstić information content (AvgIpc) is 2.10. The van der Waals surface area contributed by atoms with Crippen LogP contribution in [0.15, 0.2) is 12.2 Å². The normalized spacial score (nSPS) is 30.1. The SMILES string of the molecule is COC1CC/C=C/C(OC(=O)O)CC1. The maximum atomic E-state index is 10.3. The van der Waals surface area contributed by atoms with Crippen molar-refractivity contribution < 1.29 is 19.4 Å². The van der Waals surface area contributed by atoms with E-state index in [-0.39, 0.29) is 12.2 Å². The summed E-state index contributed by atoms with van der Waals surface area (Å²) in [5, 5.41) is 8.46. The second-order valence-electron chi connectivity index (χ2n) is 3.36. The molecule has 4 nitrogen and oxygen atoms in total. The Balaban J connectivity index is 2.44. The number of carboxylic acid groups (broad SMARTS) is 1. The first kappa shape index (κ1) is 11.0. The number of rotatable bonds is 2. The Bertz CT molecular complexity index is 212. The van der Waals surface area contributed by atoms with Gasteiger partial charge in [-0.3, -0.25) is 0 Å². The number of hydrogen-bond donors (Lipinski definition) is 1. The second-order valence-corrected chi connectivity index (χ2v) is 3.36. The summed E-state index contributed by atoms with van der Waals surface area (Å²) in [5.41, 5.74) is 0. The minimum atomic E-state index is -1.21. The number of ether oxygens (including phenoxy) is 2. The Hall–Kier alpha value is -1.03. The van der Waals surface area contributed by atoms with Crippen LogP contribution in [0.2, 0.25) is 0 Å². The quantitative estimate of drug-likeness (QED) is 0.548. The number of hydrogen-bond acceptors (Lipinski definition) is 3. The molecule has 1 aliphatic rings. The maximum absolute atomic E-state index is 10.3. The molecular formula is C10H16O4. The van der Waals surface area contributed by atoms with E-state index in [4.69, 9.17) is 14.6 Å². The summed E-state index contributed by atoms with van der Waals surface area (Å²) in [5.74, 6) is 0. The Morgan fingerprint density at radius 2 is 2.21 bits per heavy atom. The molecule has 0 amide bonds. The first-order valence-corrected chi connectivity index (χ1v) is 4.81. The van der Waals surface area contributed by atoms with E-state index in [2.05, 4.69) is 0 Å². The molecule has 0 aromatic carbocycles. The standard InChI is InChI=1S/C10H16O4/c1-13-8-4-2-3-5-9(7-6-8)14-10(11)12/h3,5,8-9H,2,4,6-7H2,1H3,(H,11,12)/b5-3+. The molecule has 4 heteroatoms. The van der Waals surface area contributed by atoms with Crippen LogP contribution in [0.4, 0.5) is 4.79 Å². The molecule has 2 unspecified atom stereocenters. The highest BCUT2D eigenvalue weighted by Gasteiger charge is 2.16. The van der Waals surface area contributed by atoms with E-state index >= 15 is 0 Å². The van der Waals surface area contributed by atoms with Gasteiger partial charge in [0.15, 0.2) is 0 Å². The van der Waals surface area contributed by atoms with Crippen LogP contribution in [0.3, 0.4) is 0 Å². The Kier molecular flexibility index (Phi) is 4.46. The van der Waals surface area contributed by atoms with Gasteiger partial charge in [0.1, 0.15) is 6.10 Å². The molecule has 0 aromatic heterocycles. The van der Waals surface area contributed by atoms with Crippen molar-refractivity contribution in [1.29, 1.82) is 0 Å². The monoisotopic (exact) mass is 200 g/mol. The molecular weight excluding hydrogens is 184 g/mol. The highest BCUT2D eigenvalue weighted by molar-refractivity contribution is 5.57. The van der Waals surface area contributed by atoms with E-state index in [1.165, 1.54) is 0 Å². The van der Waals surface area contributed by atoms with Crippen LogP contribution in [-0.4, -0.2) is 30.6 Å². The molecule has 80 valence electrons. The van der Waals surface area contributed by atoms with Gasteiger partial charge in [0.2, 0.25) is 0 Å². The van der Waals surface area contributed by atoms with Crippen molar-refractivity contribution in [3.05, 3.63) is 12.2 Å². The topological polar surface area (TPSA) is 55.8 Å². The van der Waals surface area contributed by atoms with Gasteiger partial charge >= 0.3 is 6.16 Å². The molecule has 0 saturated heterocycles. The van der Waals surface area contributed by atoms with Gasteiger partial charge in [0.25, 0.3) is 0 Å². The van der Waals surface area contributed by atoms with Crippen LogP contribution in [0.25, 0.3) is 0 Å². The lowest BCUT2D eigenvalue weighted by molar-refractivity contribution is 0.0447. The molecule has 14 heavy (non-hydrogen) atoms. The zero-order valence-corrected chi connectivity index (χ0v) is 8.31. The Labute approximate surface area is 83.5 Å². The van der Waals surface area contributed by atoms with Gasteiger partial charge in [-0.15, -0.1) is 0 Å². The summed E-state index contributed by atoms with van der Waals surface area (Å²) in [6, 6.07) is 0. The van der Waals surface area contributed by atoms with Crippen molar-refractivity contribution in [2.24, 2.45) is 0 Å². The van der Waals surface area contributed by atoms with Crippen molar-refractivity contribution in [2.45, 2.75) is 37.9 Å². The fourth-order valence-electron chi connectivity index (χ4n) is 1.58. The molecule has 0 bridgehead atoms. The third kappa shape index (κ3) is 3.79. The molecule has 0 spiro atoms. The van der Waals surface area contributed by atoms with Gasteiger partial charge in [-0.2, -0.15) is 0 Å². The van der Waals surface area contributed by atoms with Gasteiger partial charge in [-0.25, -0.2) is 4.79 Å². The third-order valence-corrected chi connectivity index (χ3v) is 2.36. The fraction of sp³-hybridized carbons (Fsp3) is 0.700. The molecule has 0 saturated carbocycles. The van der Waals surface area contributed by atoms with Gasteiger partial charge < -0.3 is 14.6 Å². The van der Waals surface area contributed by atoms with E-state index in [1.807, 2.05) is 12.2 Å². The number of allylic oxidation sites excluding steroid dienone is 1. The Morgan fingerprint density at radius 3 is 2.86 bits per heavy atom. The molecule has 0 aliphatic heterocycles.